The number of aromatic nitrogens is 4. The van der Waals surface area contributed by atoms with Gasteiger partial charge in [0.15, 0.2) is 0 Å². The number of hydrogen-bond donors (Lipinski definition) is 1. The number of rotatable bonds is 5. The Balaban J connectivity index is 2.36. The highest BCUT2D eigenvalue weighted by molar-refractivity contribution is 6.31. The Morgan fingerprint density at radius 2 is 2.10 bits per heavy atom. The van der Waals surface area contributed by atoms with Gasteiger partial charge in [0, 0.05) is 19.3 Å². The Bertz CT molecular complexity index is 599. The molecule has 2 aromatic heterocycles. The summed E-state index contributed by atoms with van der Waals surface area (Å²) in [6, 6.07) is 0.131. The number of nitrogens with zero attached hydrogens (tertiary/aromatic N) is 4. The summed E-state index contributed by atoms with van der Waals surface area (Å²) in [5.41, 5.74) is 4.58. The van der Waals surface area contributed by atoms with Gasteiger partial charge in [-0.25, -0.2) is 0 Å². The average Bonchev–Trinajstić information content (AvgIpc) is 2.90. The summed E-state index contributed by atoms with van der Waals surface area (Å²) in [5.74, 6) is 0. The maximum absolute atomic E-state index is 6.30. The van der Waals surface area contributed by atoms with E-state index in [2.05, 4.69) is 29.4 Å². The quantitative estimate of drug-likeness (QED) is 0.921. The maximum Gasteiger partial charge on any atom is 0.0834 e. The lowest BCUT2D eigenvalue weighted by Gasteiger charge is -2.18. The first-order chi connectivity index (χ1) is 9.49. The van der Waals surface area contributed by atoms with E-state index in [0.717, 1.165) is 24.4 Å². The third kappa shape index (κ3) is 2.60. The normalized spacial score (nSPS) is 12.9. The van der Waals surface area contributed by atoms with Gasteiger partial charge in [0.2, 0.25) is 0 Å². The van der Waals surface area contributed by atoms with Gasteiger partial charge in [0.1, 0.15) is 0 Å². The van der Waals surface area contributed by atoms with Crippen molar-refractivity contribution in [3.63, 3.8) is 0 Å². The second kappa shape index (κ2) is 5.97. The molecular weight excluding hydrogens is 274 g/mol. The van der Waals surface area contributed by atoms with Gasteiger partial charge >= 0.3 is 0 Å². The molecule has 5 nitrogen and oxygen atoms in total. The summed E-state index contributed by atoms with van der Waals surface area (Å²) in [5, 5.41) is 12.9. The summed E-state index contributed by atoms with van der Waals surface area (Å²) >= 11 is 6.30. The van der Waals surface area contributed by atoms with Crippen LogP contribution < -0.4 is 5.32 Å². The van der Waals surface area contributed by atoms with Crippen molar-refractivity contribution in [2.45, 2.75) is 39.8 Å². The SMILES string of the molecule is CCn1ncc(Cl)c1C(Cc1c(C)nn(C)c1C)NC. The number of hydrogen-bond acceptors (Lipinski definition) is 3. The molecule has 0 bridgehead atoms. The number of aryl methyl sites for hydroxylation is 3. The molecule has 2 rings (SSSR count). The minimum Gasteiger partial charge on any atom is -0.311 e. The van der Waals surface area contributed by atoms with Gasteiger partial charge in [-0.2, -0.15) is 10.2 Å². The van der Waals surface area contributed by atoms with Crippen LogP contribution in [-0.2, 0) is 20.0 Å². The summed E-state index contributed by atoms with van der Waals surface area (Å²) in [4.78, 5) is 0. The van der Waals surface area contributed by atoms with Crippen molar-refractivity contribution in [2.75, 3.05) is 7.05 Å². The van der Waals surface area contributed by atoms with Crippen LogP contribution in [0.1, 0.15) is 35.6 Å². The first-order valence-electron chi connectivity index (χ1n) is 6.87. The highest BCUT2D eigenvalue weighted by atomic mass is 35.5. The summed E-state index contributed by atoms with van der Waals surface area (Å²) in [7, 11) is 3.93. The average molecular weight is 296 g/mol. The van der Waals surface area contributed by atoms with Gasteiger partial charge in [0.25, 0.3) is 0 Å². The molecule has 0 spiro atoms. The predicted octanol–water partition coefficient (Wildman–Crippen LogP) is 2.41. The zero-order chi connectivity index (χ0) is 14.9. The fourth-order valence-electron chi connectivity index (χ4n) is 2.62. The number of nitrogens with one attached hydrogen (secondary N) is 1. The van der Waals surface area contributed by atoms with Crippen LogP contribution in [0.2, 0.25) is 5.02 Å². The molecule has 0 radical (unpaired) electrons. The van der Waals surface area contributed by atoms with Gasteiger partial charge in [0.05, 0.1) is 28.6 Å². The fourth-order valence-corrected chi connectivity index (χ4v) is 2.90. The van der Waals surface area contributed by atoms with Gasteiger partial charge < -0.3 is 5.32 Å². The molecule has 20 heavy (non-hydrogen) atoms. The van der Waals surface area contributed by atoms with Crippen molar-refractivity contribution in [2.24, 2.45) is 7.05 Å². The highest BCUT2D eigenvalue weighted by Gasteiger charge is 2.22. The van der Waals surface area contributed by atoms with E-state index in [1.165, 1.54) is 11.3 Å². The molecule has 1 atom stereocenters. The van der Waals surface area contributed by atoms with Crippen LogP contribution in [0.15, 0.2) is 6.20 Å². The van der Waals surface area contributed by atoms with Crippen LogP contribution in [0, 0.1) is 13.8 Å². The van der Waals surface area contributed by atoms with E-state index in [1.807, 2.05) is 30.4 Å². The Kier molecular flexibility index (Phi) is 4.50. The van der Waals surface area contributed by atoms with E-state index >= 15 is 0 Å². The zero-order valence-corrected chi connectivity index (χ0v) is 13.5. The molecule has 0 amide bonds. The van der Waals surface area contributed by atoms with E-state index in [4.69, 9.17) is 11.6 Å². The highest BCUT2D eigenvalue weighted by Crippen LogP contribution is 2.27. The molecule has 6 heteroatoms. The van der Waals surface area contributed by atoms with Crippen molar-refractivity contribution < 1.29 is 0 Å². The molecule has 2 aromatic rings. The largest absolute Gasteiger partial charge is 0.311 e. The minimum absolute atomic E-state index is 0.131. The minimum atomic E-state index is 0.131. The van der Waals surface area contributed by atoms with Crippen LogP contribution in [0.5, 0.6) is 0 Å². The standard InChI is InChI=1S/C14H22ClN5/c1-6-20-14(12(15)8-17-20)13(16-4)7-11-9(2)18-19(5)10(11)3/h8,13,16H,6-7H2,1-5H3. The van der Waals surface area contributed by atoms with Crippen LogP contribution in [0.4, 0.5) is 0 Å². The van der Waals surface area contributed by atoms with Crippen molar-refractivity contribution in [3.8, 4) is 0 Å². The van der Waals surface area contributed by atoms with E-state index in [9.17, 15) is 0 Å². The molecule has 1 unspecified atom stereocenters. The Morgan fingerprint density at radius 3 is 2.60 bits per heavy atom. The van der Waals surface area contributed by atoms with E-state index in [1.54, 1.807) is 6.20 Å². The molecule has 0 saturated carbocycles. The summed E-state index contributed by atoms with van der Waals surface area (Å²) in [6.45, 7) is 7.03. The molecule has 0 aliphatic heterocycles. The van der Waals surface area contributed by atoms with E-state index < -0.39 is 0 Å². The van der Waals surface area contributed by atoms with Crippen LogP contribution in [0.3, 0.4) is 0 Å². The van der Waals surface area contributed by atoms with Crippen LogP contribution in [-0.4, -0.2) is 26.6 Å². The summed E-state index contributed by atoms with van der Waals surface area (Å²) < 4.78 is 3.88. The molecule has 2 heterocycles. The summed E-state index contributed by atoms with van der Waals surface area (Å²) in [6.07, 6.45) is 2.57. The van der Waals surface area contributed by atoms with Gasteiger partial charge in [-0.1, -0.05) is 11.6 Å². The van der Waals surface area contributed by atoms with Gasteiger partial charge in [-0.3, -0.25) is 9.36 Å². The monoisotopic (exact) mass is 295 g/mol. The number of likely N-dealkylation sites (N-methyl/N-ethyl adjacent to an activating group) is 1. The zero-order valence-electron chi connectivity index (χ0n) is 12.7. The third-order valence-corrected chi connectivity index (χ3v) is 4.17. The van der Waals surface area contributed by atoms with Crippen molar-refractivity contribution in [1.82, 2.24) is 24.9 Å². The Morgan fingerprint density at radius 1 is 1.40 bits per heavy atom. The Labute approximate surface area is 124 Å². The molecule has 0 fully saturated rings. The smallest absolute Gasteiger partial charge is 0.0834 e. The third-order valence-electron chi connectivity index (χ3n) is 3.88. The van der Waals surface area contributed by atoms with Crippen molar-refractivity contribution >= 4 is 11.6 Å². The van der Waals surface area contributed by atoms with E-state index in [0.29, 0.717) is 5.02 Å². The predicted molar refractivity (Wildman–Crippen MR) is 81.1 cm³/mol. The fraction of sp³-hybridized carbons (Fsp3) is 0.571. The molecule has 0 aliphatic rings. The molecule has 110 valence electrons. The first-order valence-corrected chi connectivity index (χ1v) is 7.24. The first kappa shape index (κ1) is 15.1. The Hall–Kier alpha value is -1.33. The molecule has 0 saturated heterocycles. The van der Waals surface area contributed by atoms with Crippen molar-refractivity contribution in [3.05, 3.63) is 33.9 Å². The van der Waals surface area contributed by atoms with Crippen LogP contribution in [0.25, 0.3) is 0 Å². The molecular formula is C14H22ClN5. The lowest BCUT2D eigenvalue weighted by molar-refractivity contribution is 0.512. The second-order valence-corrected chi connectivity index (χ2v) is 5.42. The van der Waals surface area contributed by atoms with Gasteiger partial charge in [-0.05, 0) is 39.8 Å². The lowest BCUT2D eigenvalue weighted by Crippen LogP contribution is -2.23. The maximum atomic E-state index is 6.30. The molecule has 1 N–H and O–H groups in total. The molecule has 0 aromatic carbocycles. The van der Waals surface area contributed by atoms with Crippen molar-refractivity contribution in [1.29, 1.82) is 0 Å². The molecule has 0 aliphatic carbocycles. The van der Waals surface area contributed by atoms with E-state index in [-0.39, 0.29) is 6.04 Å². The number of halogens is 1. The van der Waals surface area contributed by atoms with Crippen LogP contribution >= 0.6 is 11.6 Å². The second-order valence-electron chi connectivity index (χ2n) is 5.01. The topological polar surface area (TPSA) is 47.7 Å². The lowest BCUT2D eigenvalue weighted by atomic mass is 10.0. The van der Waals surface area contributed by atoms with Gasteiger partial charge in [-0.15, -0.1) is 0 Å².